The number of aryl methyl sites for hydroxylation is 2. The molecular formula is C12H15BrO3. The topological polar surface area (TPSA) is 46.5 Å². The lowest BCUT2D eigenvalue weighted by Gasteiger charge is -2.15. The molecule has 16 heavy (non-hydrogen) atoms. The zero-order chi connectivity index (χ0) is 12.3. The Morgan fingerprint density at radius 2 is 1.94 bits per heavy atom. The summed E-state index contributed by atoms with van der Waals surface area (Å²) in [7, 11) is 0. The summed E-state index contributed by atoms with van der Waals surface area (Å²) in [4.78, 5) is 10.8. The summed E-state index contributed by atoms with van der Waals surface area (Å²) in [5.41, 5.74) is 2.07. The van der Waals surface area contributed by atoms with Gasteiger partial charge in [-0.05, 0) is 43.5 Å². The zero-order valence-electron chi connectivity index (χ0n) is 9.58. The number of rotatable bonds is 4. The van der Waals surface area contributed by atoms with E-state index in [0.717, 1.165) is 15.6 Å². The van der Waals surface area contributed by atoms with Gasteiger partial charge in [0.05, 0.1) is 0 Å². The zero-order valence-corrected chi connectivity index (χ0v) is 11.2. The fraction of sp³-hybridized carbons (Fsp3) is 0.417. The molecule has 0 aliphatic carbocycles. The molecule has 0 bridgehead atoms. The van der Waals surface area contributed by atoms with Crippen molar-refractivity contribution in [1.29, 1.82) is 0 Å². The molecule has 0 amide bonds. The Morgan fingerprint density at radius 1 is 1.44 bits per heavy atom. The smallest absolute Gasteiger partial charge is 0.344 e. The van der Waals surface area contributed by atoms with Crippen molar-refractivity contribution in [3.8, 4) is 5.75 Å². The van der Waals surface area contributed by atoms with E-state index in [4.69, 9.17) is 9.84 Å². The van der Waals surface area contributed by atoms with Crippen LogP contribution in [-0.4, -0.2) is 17.2 Å². The van der Waals surface area contributed by atoms with Crippen LogP contribution in [0.2, 0.25) is 0 Å². The van der Waals surface area contributed by atoms with Crippen LogP contribution in [0, 0.1) is 13.8 Å². The molecule has 3 nitrogen and oxygen atoms in total. The molecule has 0 heterocycles. The molecule has 1 rings (SSSR count). The molecule has 1 aromatic rings. The van der Waals surface area contributed by atoms with Gasteiger partial charge in [-0.15, -0.1) is 0 Å². The Kier molecular flexibility index (Phi) is 4.35. The molecule has 0 aliphatic heterocycles. The first-order valence-corrected chi connectivity index (χ1v) is 5.91. The van der Waals surface area contributed by atoms with Crippen LogP contribution in [0.3, 0.4) is 0 Å². The number of carboxylic acids is 1. The maximum Gasteiger partial charge on any atom is 0.344 e. The van der Waals surface area contributed by atoms with E-state index < -0.39 is 12.1 Å². The Balaban J connectivity index is 2.93. The minimum Gasteiger partial charge on any atom is -0.479 e. The van der Waals surface area contributed by atoms with Gasteiger partial charge >= 0.3 is 5.97 Å². The molecule has 0 fully saturated rings. The van der Waals surface area contributed by atoms with Gasteiger partial charge in [0, 0.05) is 4.47 Å². The number of hydrogen-bond donors (Lipinski definition) is 1. The van der Waals surface area contributed by atoms with E-state index in [2.05, 4.69) is 15.9 Å². The third kappa shape index (κ3) is 2.98. The Bertz CT molecular complexity index is 378. The fourth-order valence-electron chi connectivity index (χ4n) is 1.45. The van der Waals surface area contributed by atoms with Gasteiger partial charge in [-0.3, -0.25) is 0 Å². The number of hydrogen-bond acceptors (Lipinski definition) is 2. The van der Waals surface area contributed by atoms with E-state index in [1.165, 1.54) is 0 Å². The average molecular weight is 287 g/mol. The van der Waals surface area contributed by atoms with Gasteiger partial charge in [-0.25, -0.2) is 4.79 Å². The quantitative estimate of drug-likeness (QED) is 0.924. The molecule has 0 aliphatic rings. The summed E-state index contributed by atoms with van der Waals surface area (Å²) in [6, 6.07) is 3.67. The number of halogens is 1. The average Bonchev–Trinajstić information content (AvgIpc) is 2.21. The van der Waals surface area contributed by atoms with E-state index in [0.29, 0.717) is 12.2 Å². The van der Waals surface area contributed by atoms with Gasteiger partial charge in [-0.1, -0.05) is 22.9 Å². The van der Waals surface area contributed by atoms with Gasteiger partial charge in [0.1, 0.15) is 5.75 Å². The number of aliphatic carboxylic acids is 1. The SMILES string of the molecule is CCC(Oc1cc(C)c(Br)c(C)c1)C(=O)O. The maximum atomic E-state index is 10.8. The molecule has 4 heteroatoms. The molecule has 1 atom stereocenters. The second kappa shape index (κ2) is 5.34. The molecular weight excluding hydrogens is 272 g/mol. The standard InChI is InChI=1S/C12H15BrO3/c1-4-10(12(14)15)16-9-5-7(2)11(13)8(3)6-9/h5-6,10H,4H2,1-3H3,(H,14,15). The highest BCUT2D eigenvalue weighted by Crippen LogP contribution is 2.27. The van der Waals surface area contributed by atoms with Crippen LogP contribution < -0.4 is 4.74 Å². The van der Waals surface area contributed by atoms with Crippen molar-refractivity contribution < 1.29 is 14.6 Å². The summed E-state index contributed by atoms with van der Waals surface area (Å²) in [6.07, 6.45) is -0.330. The minimum atomic E-state index is -0.930. The van der Waals surface area contributed by atoms with Crippen molar-refractivity contribution in [2.75, 3.05) is 0 Å². The van der Waals surface area contributed by atoms with E-state index in [1.807, 2.05) is 26.0 Å². The third-order valence-electron chi connectivity index (χ3n) is 2.33. The Labute approximate surface area is 104 Å². The van der Waals surface area contributed by atoms with Crippen LogP contribution in [0.25, 0.3) is 0 Å². The lowest BCUT2D eigenvalue weighted by Crippen LogP contribution is -2.25. The predicted octanol–water partition coefficient (Wildman–Crippen LogP) is 3.31. The molecule has 1 aromatic carbocycles. The Hall–Kier alpha value is -1.03. The molecule has 88 valence electrons. The molecule has 0 radical (unpaired) electrons. The second-order valence-corrected chi connectivity index (χ2v) is 4.52. The first-order chi connectivity index (χ1) is 7.45. The van der Waals surface area contributed by atoms with E-state index >= 15 is 0 Å². The third-order valence-corrected chi connectivity index (χ3v) is 3.59. The lowest BCUT2D eigenvalue weighted by molar-refractivity contribution is -0.145. The minimum absolute atomic E-state index is 0.448. The van der Waals surface area contributed by atoms with Crippen LogP contribution in [0.15, 0.2) is 16.6 Å². The van der Waals surface area contributed by atoms with Crippen molar-refractivity contribution >= 4 is 21.9 Å². The molecule has 0 spiro atoms. The molecule has 0 saturated heterocycles. The summed E-state index contributed by atoms with van der Waals surface area (Å²) in [5, 5.41) is 8.89. The molecule has 0 saturated carbocycles. The monoisotopic (exact) mass is 286 g/mol. The second-order valence-electron chi connectivity index (χ2n) is 3.72. The summed E-state index contributed by atoms with van der Waals surface area (Å²) >= 11 is 3.45. The largest absolute Gasteiger partial charge is 0.479 e. The normalized spacial score (nSPS) is 12.2. The van der Waals surface area contributed by atoms with Crippen LogP contribution in [0.1, 0.15) is 24.5 Å². The predicted molar refractivity (Wildman–Crippen MR) is 66.0 cm³/mol. The van der Waals surface area contributed by atoms with Gasteiger partial charge in [0.25, 0.3) is 0 Å². The molecule has 1 N–H and O–H groups in total. The molecule has 0 aromatic heterocycles. The van der Waals surface area contributed by atoms with Crippen molar-refractivity contribution in [3.63, 3.8) is 0 Å². The van der Waals surface area contributed by atoms with Crippen LogP contribution in [0.4, 0.5) is 0 Å². The van der Waals surface area contributed by atoms with Crippen molar-refractivity contribution in [2.45, 2.75) is 33.3 Å². The highest BCUT2D eigenvalue weighted by molar-refractivity contribution is 9.10. The van der Waals surface area contributed by atoms with Gasteiger partial charge in [0.2, 0.25) is 0 Å². The highest BCUT2D eigenvalue weighted by Gasteiger charge is 2.17. The number of ether oxygens (including phenoxy) is 1. The van der Waals surface area contributed by atoms with Crippen molar-refractivity contribution in [1.82, 2.24) is 0 Å². The summed E-state index contributed by atoms with van der Waals surface area (Å²) in [5.74, 6) is -0.326. The van der Waals surface area contributed by atoms with Crippen LogP contribution in [0.5, 0.6) is 5.75 Å². The van der Waals surface area contributed by atoms with Gasteiger partial charge in [0.15, 0.2) is 6.10 Å². The van der Waals surface area contributed by atoms with Gasteiger partial charge in [-0.2, -0.15) is 0 Å². The van der Waals surface area contributed by atoms with Crippen LogP contribution in [-0.2, 0) is 4.79 Å². The fourth-order valence-corrected chi connectivity index (χ4v) is 1.68. The van der Waals surface area contributed by atoms with Crippen molar-refractivity contribution in [3.05, 3.63) is 27.7 Å². The Morgan fingerprint density at radius 3 is 2.31 bits per heavy atom. The summed E-state index contributed by atoms with van der Waals surface area (Å²) < 4.78 is 6.45. The molecule has 1 unspecified atom stereocenters. The number of benzene rings is 1. The first-order valence-electron chi connectivity index (χ1n) is 5.12. The van der Waals surface area contributed by atoms with E-state index in [-0.39, 0.29) is 0 Å². The number of carbonyl (C=O) groups is 1. The van der Waals surface area contributed by atoms with E-state index in [1.54, 1.807) is 6.92 Å². The summed E-state index contributed by atoms with van der Waals surface area (Å²) in [6.45, 7) is 5.69. The maximum absolute atomic E-state index is 10.8. The van der Waals surface area contributed by atoms with Crippen LogP contribution >= 0.6 is 15.9 Å². The highest BCUT2D eigenvalue weighted by atomic mass is 79.9. The van der Waals surface area contributed by atoms with Crippen molar-refractivity contribution in [2.24, 2.45) is 0 Å². The lowest BCUT2D eigenvalue weighted by atomic mass is 10.1. The van der Waals surface area contributed by atoms with Gasteiger partial charge < -0.3 is 9.84 Å². The number of carboxylic acid groups (broad SMARTS) is 1. The first kappa shape index (κ1) is 13.0. The van der Waals surface area contributed by atoms with E-state index in [9.17, 15) is 4.79 Å².